The molecule has 5 nitrogen and oxygen atoms in total. The molecule has 2 atom stereocenters. The summed E-state index contributed by atoms with van der Waals surface area (Å²) in [7, 11) is 0. The lowest BCUT2D eigenvalue weighted by Gasteiger charge is -2.80. The fraction of sp³-hybridized carbons (Fsp3) is 0.222. The van der Waals surface area contributed by atoms with E-state index in [0.29, 0.717) is 10.0 Å². The van der Waals surface area contributed by atoms with Crippen LogP contribution in [0.5, 0.6) is 0 Å². The Bertz CT molecular complexity index is 1290. The molecule has 0 bridgehead atoms. The van der Waals surface area contributed by atoms with E-state index in [1.165, 1.54) is 27.2 Å². The second kappa shape index (κ2) is 6.20. The lowest BCUT2D eigenvalue weighted by Crippen LogP contribution is -2.84. The number of fused-ring (bicyclic) bond motifs is 3. The smallest absolute Gasteiger partial charge is 0.339 e. The summed E-state index contributed by atoms with van der Waals surface area (Å²) in [6.45, 7) is 0.0384. The minimum atomic E-state index is -0.485. The second-order valence-corrected chi connectivity index (χ2v) is 9.96. The molecule has 3 aromatic rings. The Hall–Kier alpha value is -3.25. The molecule has 2 fully saturated rings. The molecular weight excluding hydrogens is 482 g/mol. The van der Waals surface area contributed by atoms with Gasteiger partial charge in [0.05, 0.1) is 23.9 Å². The van der Waals surface area contributed by atoms with Gasteiger partial charge in [0, 0.05) is 15.3 Å². The standard InChI is InChI=1S/C27H18BrNO4/c28-20-12-6-1-7-15(20)25(32)33-14-13-29-23(30)21-22(24(29)31)27-17-9-3-2-8-16(17)26(21,27)18-10-4-5-11-19(18)27/h1-12,21-22H,13-14H2/t21-,22+,26?,27?. The predicted octanol–water partition coefficient (Wildman–Crippen LogP) is 3.82. The lowest BCUT2D eigenvalue weighted by atomic mass is 9.18. The third-order valence-electron chi connectivity index (χ3n) is 8.15. The molecule has 162 valence electrons. The van der Waals surface area contributed by atoms with Crippen LogP contribution >= 0.6 is 15.9 Å². The number of carbonyl (C=O) groups excluding carboxylic acids is 3. The maximum Gasteiger partial charge on any atom is 0.339 e. The number of halogens is 1. The summed E-state index contributed by atoms with van der Waals surface area (Å²) in [5.41, 5.74) is 4.33. The minimum Gasteiger partial charge on any atom is -0.460 e. The maximum absolute atomic E-state index is 13.5. The van der Waals surface area contributed by atoms with Gasteiger partial charge in [-0.2, -0.15) is 0 Å². The van der Waals surface area contributed by atoms with Crippen LogP contribution in [0.4, 0.5) is 0 Å². The first kappa shape index (κ1) is 19.2. The summed E-state index contributed by atoms with van der Waals surface area (Å²) in [5, 5.41) is 0. The molecule has 6 heteroatoms. The van der Waals surface area contributed by atoms with Gasteiger partial charge in [0.25, 0.3) is 0 Å². The summed E-state index contributed by atoms with van der Waals surface area (Å²) in [4.78, 5) is 40.8. The molecule has 0 spiro atoms. The first-order valence-corrected chi connectivity index (χ1v) is 11.8. The third kappa shape index (κ3) is 1.87. The van der Waals surface area contributed by atoms with Gasteiger partial charge in [-0.25, -0.2) is 4.79 Å². The first-order valence-electron chi connectivity index (χ1n) is 11.0. The SMILES string of the molecule is O=C(OCCN1C(=O)[C@@H]2[C@H](C1=O)C13c4ccccc4C21c1ccccc13)c1ccccc1Br. The van der Waals surface area contributed by atoms with Gasteiger partial charge >= 0.3 is 5.97 Å². The Morgan fingerprint density at radius 1 is 0.788 bits per heavy atom. The fourth-order valence-corrected chi connectivity index (χ4v) is 7.62. The van der Waals surface area contributed by atoms with Crippen molar-refractivity contribution in [2.24, 2.45) is 11.8 Å². The van der Waals surface area contributed by atoms with E-state index < -0.39 is 16.8 Å². The number of esters is 1. The number of imide groups is 1. The molecule has 0 radical (unpaired) electrons. The van der Waals surface area contributed by atoms with Crippen LogP contribution in [0, 0.1) is 11.8 Å². The van der Waals surface area contributed by atoms with E-state index in [4.69, 9.17) is 4.74 Å². The van der Waals surface area contributed by atoms with E-state index in [2.05, 4.69) is 40.2 Å². The highest BCUT2D eigenvalue weighted by Crippen LogP contribution is 2.86. The minimum absolute atomic E-state index is 0.0308. The molecule has 1 heterocycles. The van der Waals surface area contributed by atoms with Crippen molar-refractivity contribution in [2.45, 2.75) is 10.8 Å². The van der Waals surface area contributed by atoms with Crippen molar-refractivity contribution >= 4 is 33.7 Å². The average molecular weight is 500 g/mol. The molecular formula is C27H18BrNO4. The number of amides is 2. The van der Waals surface area contributed by atoms with E-state index in [1.54, 1.807) is 18.2 Å². The molecule has 0 unspecified atom stereocenters. The summed E-state index contributed by atoms with van der Waals surface area (Å²) in [5.74, 6) is -1.55. The normalized spacial score (nSPS) is 29.4. The zero-order valence-corrected chi connectivity index (χ0v) is 19.0. The number of rotatable bonds is 4. The second-order valence-electron chi connectivity index (χ2n) is 9.11. The van der Waals surface area contributed by atoms with Crippen molar-refractivity contribution in [3.05, 3.63) is 105 Å². The van der Waals surface area contributed by atoms with Crippen molar-refractivity contribution in [3.8, 4) is 0 Å². The molecule has 1 saturated heterocycles. The van der Waals surface area contributed by atoms with Gasteiger partial charge in [0.1, 0.15) is 6.61 Å². The number of nitrogens with zero attached hydrogens (tertiary/aromatic N) is 1. The number of hydrogen-bond acceptors (Lipinski definition) is 4. The molecule has 1 saturated carbocycles. The molecule has 1 aliphatic heterocycles. The Kier molecular flexibility index (Phi) is 3.62. The summed E-state index contributed by atoms with van der Waals surface area (Å²) >= 11 is 3.35. The first-order chi connectivity index (χ1) is 16.1. The van der Waals surface area contributed by atoms with Gasteiger partial charge in [0.2, 0.25) is 11.8 Å². The van der Waals surface area contributed by atoms with Crippen LogP contribution < -0.4 is 0 Å². The Morgan fingerprint density at radius 3 is 1.73 bits per heavy atom. The van der Waals surface area contributed by atoms with E-state index in [1.807, 2.05) is 30.3 Å². The third-order valence-corrected chi connectivity index (χ3v) is 8.84. The molecule has 4 aliphatic rings. The van der Waals surface area contributed by atoms with Gasteiger partial charge in [-0.15, -0.1) is 0 Å². The van der Waals surface area contributed by atoms with Crippen LogP contribution in [0.2, 0.25) is 0 Å². The van der Waals surface area contributed by atoms with Crippen LogP contribution in [0.15, 0.2) is 77.3 Å². The lowest BCUT2D eigenvalue weighted by molar-refractivity contribution is -0.150. The molecule has 0 N–H and O–H groups in total. The molecule has 33 heavy (non-hydrogen) atoms. The van der Waals surface area contributed by atoms with Crippen LogP contribution in [0.1, 0.15) is 32.6 Å². The van der Waals surface area contributed by atoms with Crippen molar-refractivity contribution in [1.29, 1.82) is 0 Å². The zero-order chi connectivity index (χ0) is 22.5. The fourth-order valence-electron chi connectivity index (χ4n) is 7.18. The Morgan fingerprint density at radius 2 is 1.24 bits per heavy atom. The van der Waals surface area contributed by atoms with E-state index in [9.17, 15) is 14.4 Å². The topological polar surface area (TPSA) is 63.7 Å². The monoisotopic (exact) mass is 499 g/mol. The van der Waals surface area contributed by atoms with Crippen molar-refractivity contribution in [3.63, 3.8) is 0 Å². The van der Waals surface area contributed by atoms with E-state index in [0.717, 1.165) is 0 Å². The summed E-state index contributed by atoms with van der Waals surface area (Å²) in [6, 6.07) is 23.4. The van der Waals surface area contributed by atoms with Gasteiger partial charge in [-0.3, -0.25) is 14.5 Å². The molecule has 3 aromatic carbocycles. The van der Waals surface area contributed by atoms with Gasteiger partial charge < -0.3 is 4.74 Å². The van der Waals surface area contributed by atoms with Crippen molar-refractivity contribution in [1.82, 2.24) is 4.90 Å². The molecule has 3 aliphatic carbocycles. The maximum atomic E-state index is 13.5. The van der Waals surface area contributed by atoms with Crippen LogP contribution in [0.3, 0.4) is 0 Å². The predicted molar refractivity (Wildman–Crippen MR) is 123 cm³/mol. The van der Waals surface area contributed by atoms with E-state index >= 15 is 0 Å². The molecule has 2 amide bonds. The van der Waals surface area contributed by atoms with Gasteiger partial charge in [0.15, 0.2) is 0 Å². The Balaban J connectivity index is 1.18. The highest BCUT2D eigenvalue weighted by Gasteiger charge is 2.91. The number of likely N-dealkylation sites (tertiary alicyclic amines) is 1. The van der Waals surface area contributed by atoms with E-state index in [-0.39, 0.29) is 36.8 Å². The number of benzene rings is 3. The summed E-state index contributed by atoms with van der Waals surface area (Å²) in [6.07, 6.45) is 0. The van der Waals surface area contributed by atoms with Gasteiger partial charge in [-0.1, -0.05) is 60.7 Å². The van der Waals surface area contributed by atoms with Crippen molar-refractivity contribution in [2.75, 3.05) is 13.2 Å². The highest BCUT2D eigenvalue weighted by atomic mass is 79.9. The average Bonchev–Trinajstić information content (AvgIpc) is 3.04. The molecule has 0 aromatic heterocycles. The van der Waals surface area contributed by atoms with Crippen LogP contribution in [0.25, 0.3) is 0 Å². The zero-order valence-electron chi connectivity index (χ0n) is 17.5. The Labute approximate surface area is 198 Å². The number of ether oxygens (including phenoxy) is 1. The summed E-state index contributed by atoms with van der Waals surface area (Å²) < 4.78 is 6.04. The van der Waals surface area contributed by atoms with Crippen molar-refractivity contribution < 1.29 is 19.1 Å². The largest absolute Gasteiger partial charge is 0.460 e. The molecule has 7 rings (SSSR count). The van der Waals surface area contributed by atoms with Crippen LogP contribution in [-0.2, 0) is 25.2 Å². The number of hydrogen-bond donors (Lipinski definition) is 0. The van der Waals surface area contributed by atoms with Gasteiger partial charge in [-0.05, 0) is 50.3 Å². The highest BCUT2D eigenvalue weighted by molar-refractivity contribution is 9.10. The quantitative estimate of drug-likeness (QED) is 0.404. The number of carbonyl (C=O) groups is 3. The van der Waals surface area contributed by atoms with Crippen LogP contribution in [-0.4, -0.2) is 35.8 Å².